The normalized spacial score (nSPS) is 10.8. The molecule has 0 aliphatic rings. The largest absolute Gasteiger partial charge is 0.457 e. The van der Waals surface area contributed by atoms with Crippen molar-refractivity contribution in [2.45, 2.75) is 19.9 Å². The summed E-state index contributed by atoms with van der Waals surface area (Å²) in [7, 11) is 0. The molecule has 0 aliphatic heterocycles. The van der Waals surface area contributed by atoms with Gasteiger partial charge in [-0.25, -0.2) is 18.1 Å². The second kappa shape index (κ2) is 5.06. The minimum absolute atomic E-state index is 0.127. The molecular formula is C7H8ClF2N3O3. The fourth-order valence-electron chi connectivity index (χ4n) is 1.01. The number of aromatic nitrogens is 3. The molecule has 0 spiro atoms. The van der Waals surface area contributed by atoms with Gasteiger partial charge in [-0.15, -0.1) is 9.78 Å². The van der Waals surface area contributed by atoms with Crippen LogP contribution in [-0.2, 0) is 6.54 Å². The maximum absolute atomic E-state index is 11.9. The molecule has 0 N–H and O–H groups in total. The number of carbonyl (C=O) groups excluding carboxylic acids is 1. The lowest BCUT2D eigenvalue weighted by Crippen LogP contribution is -2.26. The monoisotopic (exact) mass is 255 g/mol. The average Bonchev–Trinajstić information content (AvgIpc) is 2.51. The van der Waals surface area contributed by atoms with Crippen molar-refractivity contribution < 1.29 is 18.3 Å². The number of halogens is 3. The van der Waals surface area contributed by atoms with Gasteiger partial charge in [0.25, 0.3) is 6.43 Å². The minimum Gasteiger partial charge on any atom is -0.457 e. The highest BCUT2D eigenvalue weighted by Gasteiger charge is 2.18. The Morgan fingerprint density at radius 1 is 1.62 bits per heavy atom. The van der Waals surface area contributed by atoms with Crippen LogP contribution in [0.4, 0.5) is 13.6 Å². The highest BCUT2D eigenvalue weighted by Crippen LogP contribution is 2.06. The second-order valence-corrected chi connectivity index (χ2v) is 3.00. The van der Waals surface area contributed by atoms with Crippen LogP contribution in [0.2, 0.25) is 0 Å². The Morgan fingerprint density at radius 3 is 2.69 bits per heavy atom. The van der Waals surface area contributed by atoms with E-state index < -0.39 is 24.1 Å². The second-order valence-electron chi connectivity index (χ2n) is 2.68. The van der Waals surface area contributed by atoms with Gasteiger partial charge >= 0.3 is 17.1 Å². The third-order valence-corrected chi connectivity index (χ3v) is 1.81. The van der Waals surface area contributed by atoms with E-state index in [1.807, 2.05) is 0 Å². The van der Waals surface area contributed by atoms with E-state index in [1.165, 1.54) is 0 Å². The summed E-state index contributed by atoms with van der Waals surface area (Å²) in [6.45, 7) is 0.788. The van der Waals surface area contributed by atoms with Crippen LogP contribution in [0.1, 0.15) is 6.92 Å². The van der Waals surface area contributed by atoms with E-state index in [9.17, 15) is 18.4 Å². The first-order valence-electron chi connectivity index (χ1n) is 4.28. The van der Waals surface area contributed by atoms with Gasteiger partial charge in [-0.1, -0.05) is 0 Å². The molecule has 9 heteroatoms. The molecule has 1 aromatic heterocycles. The molecule has 0 saturated carbocycles. The Hall–Kier alpha value is -1.44. The van der Waals surface area contributed by atoms with Crippen LogP contribution in [0.15, 0.2) is 4.79 Å². The van der Waals surface area contributed by atoms with Gasteiger partial charge in [0.1, 0.15) is 0 Å². The molecule has 0 saturated heterocycles. The maximum Gasteiger partial charge on any atom is 0.357 e. The molecule has 0 unspecified atom stereocenters. The summed E-state index contributed by atoms with van der Waals surface area (Å²) >= 11 is 5.06. The number of alkyl halides is 2. The number of rotatable bonds is 4. The third kappa shape index (κ3) is 2.57. The lowest BCUT2D eigenvalue weighted by Gasteiger charge is -2.03. The summed E-state index contributed by atoms with van der Waals surface area (Å²) < 4.78 is 29.6. The Bertz CT molecular complexity index is 443. The van der Waals surface area contributed by atoms with Crippen LogP contribution < -0.4 is 10.4 Å². The van der Waals surface area contributed by atoms with Crippen molar-refractivity contribution in [2.24, 2.45) is 0 Å². The SMILES string of the molecule is CCn1c(OCC(F)F)nn(C(=O)Cl)c1=O. The van der Waals surface area contributed by atoms with E-state index in [1.54, 1.807) is 6.92 Å². The molecule has 1 rings (SSSR count). The van der Waals surface area contributed by atoms with Crippen molar-refractivity contribution in [3.63, 3.8) is 0 Å². The van der Waals surface area contributed by atoms with Crippen LogP contribution >= 0.6 is 11.6 Å². The van der Waals surface area contributed by atoms with Crippen molar-refractivity contribution in [1.29, 1.82) is 0 Å². The molecule has 0 fully saturated rings. The molecule has 90 valence electrons. The zero-order valence-corrected chi connectivity index (χ0v) is 8.95. The number of hydrogen-bond donors (Lipinski definition) is 0. The van der Waals surface area contributed by atoms with Crippen molar-refractivity contribution in [3.05, 3.63) is 10.5 Å². The molecule has 0 radical (unpaired) electrons. The minimum atomic E-state index is -2.70. The van der Waals surface area contributed by atoms with Crippen LogP contribution in [-0.4, -0.2) is 32.7 Å². The van der Waals surface area contributed by atoms with Crippen LogP contribution in [0, 0.1) is 0 Å². The fourth-order valence-corrected chi connectivity index (χ4v) is 1.12. The summed E-state index contributed by atoms with van der Waals surface area (Å²) in [5.74, 6) is 0. The molecule has 0 atom stereocenters. The van der Waals surface area contributed by atoms with Crippen LogP contribution in [0.25, 0.3) is 0 Å². The van der Waals surface area contributed by atoms with Gasteiger partial charge < -0.3 is 4.74 Å². The van der Waals surface area contributed by atoms with Gasteiger partial charge in [-0.2, -0.15) is 0 Å². The lowest BCUT2D eigenvalue weighted by molar-refractivity contribution is 0.0746. The van der Waals surface area contributed by atoms with E-state index in [4.69, 9.17) is 11.6 Å². The number of carbonyl (C=O) groups is 1. The summed E-state index contributed by atoms with van der Waals surface area (Å²) in [6.07, 6.45) is -2.70. The van der Waals surface area contributed by atoms with Gasteiger partial charge in [0, 0.05) is 6.54 Å². The van der Waals surface area contributed by atoms with Crippen LogP contribution in [0.3, 0.4) is 0 Å². The molecular weight excluding hydrogens is 248 g/mol. The maximum atomic E-state index is 11.9. The van der Waals surface area contributed by atoms with Gasteiger partial charge in [-0.05, 0) is 18.5 Å². The Morgan fingerprint density at radius 2 is 2.25 bits per heavy atom. The standard InChI is InChI=1S/C7H8ClF2N3O3/c1-2-12-6(16-3-4(9)10)11-13(5(8)14)7(12)15/h4H,2-3H2,1H3. The summed E-state index contributed by atoms with van der Waals surface area (Å²) in [5.41, 5.74) is -0.827. The molecule has 16 heavy (non-hydrogen) atoms. The van der Waals surface area contributed by atoms with E-state index in [0.29, 0.717) is 4.68 Å². The average molecular weight is 256 g/mol. The summed E-state index contributed by atoms with van der Waals surface area (Å²) in [6, 6.07) is -0.359. The van der Waals surface area contributed by atoms with Crippen molar-refractivity contribution in [2.75, 3.05) is 6.61 Å². The number of ether oxygens (including phenoxy) is 1. The first-order chi connectivity index (χ1) is 7.47. The van der Waals surface area contributed by atoms with E-state index in [-0.39, 0.29) is 12.6 Å². The molecule has 1 heterocycles. The number of hydrogen-bond acceptors (Lipinski definition) is 4. The first kappa shape index (κ1) is 12.6. The molecule has 0 amide bonds. The van der Waals surface area contributed by atoms with Gasteiger partial charge in [0.2, 0.25) is 0 Å². The van der Waals surface area contributed by atoms with Gasteiger partial charge in [-0.3, -0.25) is 4.79 Å². The smallest absolute Gasteiger partial charge is 0.357 e. The first-order valence-corrected chi connectivity index (χ1v) is 4.65. The van der Waals surface area contributed by atoms with Crippen molar-refractivity contribution in [3.8, 4) is 6.01 Å². The van der Waals surface area contributed by atoms with E-state index in [0.717, 1.165) is 4.57 Å². The number of nitrogens with zero attached hydrogens (tertiary/aromatic N) is 3. The summed E-state index contributed by atoms with van der Waals surface area (Å²) in [4.78, 5) is 22.1. The third-order valence-electron chi connectivity index (χ3n) is 1.65. The molecule has 0 aliphatic carbocycles. The zero-order chi connectivity index (χ0) is 12.3. The predicted octanol–water partition coefficient (Wildman–Crippen LogP) is 0.915. The van der Waals surface area contributed by atoms with Crippen molar-refractivity contribution in [1.82, 2.24) is 14.3 Å². The highest BCUT2D eigenvalue weighted by atomic mass is 35.5. The Kier molecular flexibility index (Phi) is 3.99. The zero-order valence-electron chi connectivity index (χ0n) is 8.19. The van der Waals surface area contributed by atoms with Gasteiger partial charge in [0.05, 0.1) is 0 Å². The van der Waals surface area contributed by atoms with Crippen LogP contribution in [0.5, 0.6) is 6.01 Å². The highest BCUT2D eigenvalue weighted by molar-refractivity contribution is 6.63. The Balaban J connectivity index is 3.04. The fraction of sp³-hybridized carbons (Fsp3) is 0.571. The quantitative estimate of drug-likeness (QED) is 0.750. The topological polar surface area (TPSA) is 66.1 Å². The summed E-state index contributed by atoms with van der Waals surface area (Å²) in [5, 5.41) is 2.26. The molecule has 0 aromatic carbocycles. The lowest BCUT2D eigenvalue weighted by atomic mass is 10.7. The van der Waals surface area contributed by atoms with E-state index in [2.05, 4.69) is 9.84 Å². The van der Waals surface area contributed by atoms with E-state index >= 15 is 0 Å². The Labute approximate surface area is 93.4 Å². The van der Waals surface area contributed by atoms with Crippen molar-refractivity contribution >= 4 is 17.0 Å². The molecule has 1 aromatic rings. The predicted molar refractivity (Wildman–Crippen MR) is 50.3 cm³/mol. The molecule has 0 bridgehead atoms. The molecule has 6 nitrogen and oxygen atoms in total. The van der Waals surface area contributed by atoms with Gasteiger partial charge in [0.15, 0.2) is 6.61 Å².